The normalized spacial score (nSPS) is 26.9. The van der Waals surface area contributed by atoms with Crippen molar-refractivity contribution >= 4 is 32.6 Å². The molecular formula is C20H36O5S2. The first-order valence-electron chi connectivity index (χ1n) is 9.75. The molecule has 2 bridgehead atoms. The van der Waals surface area contributed by atoms with E-state index in [1.807, 2.05) is 34.6 Å². The van der Waals surface area contributed by atoms with Crippen molar-refractivity contribution in [1.29, 1.82) is 0 Å². The van der Waals surface area contributed by atoms with Crippen LogP contribution in [0.15, 0.2) is 0 Å². The van der Waals surface area contributed by atoms with Gasteiger partial charge in [0.25, 0.3) is 0 Å². The van der Waals surface area contributed by atoms with E-state index in [0.29, 0.717) is 29.5 Å². The van der Waals surface area contributed by atoms with Gasteiger partial charge in [0.05, 0.1) is 15.9 Å². The molecule has 0 saturated heterocycles. The maximum atomic E-state index is 11.8. The van der Waals surface area contributed by atoms with E-state index in [9.17, 15) is 22.6 Å². The minimum absolute atomic E-state index is 0.0248. The molecule has 0 aliphatic heterocycles. The average molecular weight is 421 g/mol. The van der Waals surface area contributed by atoms with Gasteiger partial charge in [-0.05, 0) is 48.9 Å². The van der Waals surface area contributed by atoms with Gasteiger partial charge in [0, 0.05) is 17.3 Å². The second-order valence-electron chi connectivity index (χ2n) is 9.38. The molecule has 2 aliphatic rings. The molecule has 2 saturated carbocycles. The SMILES string of the molecule is CC1(C)C2CCC1(CS(=O)(=O)[O-])C(=O)C2.CC[S+](CC)CC(=O)C(C)(C)C. The summed E-state index contributed by atoms with van der Waals surface area (Å²) in [5, 5.41) is 0. The number of hydrogen-bond acceptors (Lipinski definition) is 5. The van der Waals surface area contributed by atoms with Crippen molar-refractivity contribution in [3.05, 3.63) is 0 Å². The van der Waals surface area contributed by atoms with Crippen molar-refractivity contribution in [2.24, 2.45) is 22.2 Å². The monoisotopic (exact) mass is 420 g/mol. The maximum absolute atomic E-state index is 11.8. The first-order chi connectivity index (χ1) is 12.1. The minimum Gasteiger partial charge on any atom is -0.748 e. The van der Waals surface area contributed by atoms with Gasteiger partial charge in [0.2, 0.25) is 0 Å². The van der Waals surface area contributed by atoms with Crippen molar-refractivity contribution < 1.29 is 22.6 Å². The molecule has 0 N–H and O–H groups in total. The van der Waals surface area contributed by atoms with Gasteiger partial charge in [-0.3, -0.25) is 9.59 Å². The summed E-state index contributed by atoms with van der Waals surface area (Å²) in [6.07, 6.45) is 1.88. The van der Waals surface area contributed by atoms with Gasteiger partial charge in [-0.15, -0.1) is 0 Å². The number of carbonyl (C=O) groups is 2. The van der Waals surface area contributed by atoms with Gasteiger partial charge in [0.1, 0.15) is 17.3 Å². The highest BCUT2D eigenvalue weighted by Crippen LogP contribution is 2.64. The highest BCUT2D eigenvalue weighted by molar-refractivity contribution is 7.97. The molecule has 0 amide bonds. The second kappa shape index (κ2) is 8.54. The molecule has 0 spiro atoms. The molecule has 2 rings (SSSR count). The van der Waals surface area contributed by atoms with Crippen LogP contribution in [0.2, 0.25) is 0 Å². The number of ketones is 2. The van der Waals surface area contributed by atoms with Gasteiger partial charge in [-0.2, -0.15) is 0 Å². The molecule has 2 atom stereocenters. The van der Waals surface area contributed by atoms with E-state index in [1.165, 1.54) is 0 Å². The fraction of sp³-hybridized carbons (Fsp3) is 0.900. The minimum atomic E-state index is -4.33. The average Bonchev–Trinajstić information content (AvgIpc) is 2.84. The predicted molar refractivity (Wildman–Crippen MR) is 111 cm³/mol. The molecule has 158 valence electrons. The third kappa shape index (κ3) is 5.57. The summed E-state index contributed by atoms with van der Waals surface area (Å²) in [5.74, 6) is 3.22. The summed E-state index contributed by atoms with van der Waals surface area (Å²) >= 11 is 0. The summed E-state index contributed by atoms with van der Waals surface area (Å²) < 4.78 is 32.7. The predicted octanol–water partition coefficient (Wildman–Crippen LogP) is 3.19. The van der Waals surface area contributed by atoms with Crippen LogP contribution in [-0.4, -0.2) is 47.5 Å². The van der Waals surface area contributed by atoms with Crippen molar-refractivity contribution in [1.82, 2.24) is 0 Å². The van der Waals surface area contributed by atoms with Crippen LogP contribution in [0, 0.1) is 22.2 Å². The lowest BCUT2D eigenvalue weighted by Gasteiger charge is -2.37. The zero-order valence-corrected chi connectivity index (χ0v) is 19.5. The Kier molecular flexibility index (Phi) is 7.79. The van der Waals surface area contributed by atoms with Gasteiger partial charge in [-0.1, -0.05) is 34.6 Å². The highest BCUT2D eigenvalue weighted by Gasteiger charge is 2.64. The summed E-state index contributed by atoms with van der Waals surface area (Å²) in [4.78, 5) is 23.4. The molecule has 0 aromatic carbocycles. The molecule has 27 heavy (non-hydrogen) atoms. The first-order valence-corrected chi connectivity index (χ1v) is 13.1. The Morgan fingerprint density at radius 1 is 1.22 bits per heavy atom. The van der Waals surface area contributed by atoms with Crippen LogP contribution in [0.4, 0.5) is 0 Å². The summed E-state index contributed by atoms with van der Waals surface area (Å²) in [5.41, 5.74) is -1.37. The summed E-state index contributed by atoms with van der Waals surface area (Å²) in [6.45, 7) is 14.2. The Hall–Kier alpha value is -0.400. The molecule has 0 aromatic rings. The molecule has 2 aliphatic carbocycles. The van der Waals surface area contributed by atoms with Crippen LogP contribution in [0.1, 0.15) is 67.7 Å². The fourth-order valence-electron chi connectivity index (χ4n) is 4.22. The number of rotatable bonds is 6. The zero-order chi connectivity index (χ0) is 21.3. The molecule has 0 heterocycles. The van der Waals surface area contributed by atoms with Crippen LogP contribution < -0.4 is 0 Å². The molecule has 2 fully saturated rings. The van der Waals surface area contributed by atoms with Crippen molar-refractivity contribution in [2.45, 2.75) is 67.7 Å². The van der Waals surface area contributed by atoms with Crippen LogP contribution in [0.5, 0.6) is 0 Å². The Balaban J connectivity index is 0.000000279. The van der Waals surface area contributed by atoms with Crippen LogP contribution >= 0.6 is 0 Å². The Morgan fingerprint density at radius 3 is 2.04 bits per heavy atom. The van der Waals surface area contributed by atoms with E-state index in [0.717, 1.165) is 23.7 Å². The number of Topliss-reactive ketones (excluding diaryl/α,β-unsaturated/α-hetero) is 2. The van der Waals surface area contributed by atoms with Gasteiger partial charge >= 0.3 is 0 Å². The van der Waals surface area contributed by atoms with E-state index >= 15 is 0 Å². The number of fused-ring (bicyclic) bond motifs is 2. The van der Waals surface area contributed by atoms with E-state index < -0.39 is 21.3 Å². The maximum Gasteiger partial charge on any atom is 0.187 e. The lowest BCUT2D eigenvalue weighted by atomic mass is 9.70. The summed E-state index contributed by atoms with van der Waals surface area (Å²) in [6, 6.07) is 0. The number of hydrogen-bond donors (Lipinski definition) is 0. The Bertz CT molecular complexity index is 656. The topological polar surface area (TPSA) is 91.3 Å². The number of carbonyl (C=O) groups excluding carboxylic acids is 2. The van der Waals surface area contributed by atoms with Crippen molar-refractivity contribution in [2.75, 3.05) is 23.0 Å². The van der Waals surface area contributed by atoms with E-state index in [1.54, 1.807) is 0 Å². The van der Waals surface area contributed by atoms with Crippen LogP contribution in [-0.2, 0) is 30.6 Å². The summed E-state index contributed by atoms with van der Waals surface area (Å²) in [7, 11) is -3.99. The van der Waals surface area contributed by atoms with Crippen LogP contribution in [0.25, 0.3) is 0 Å². The quantitative estimate of drug-likeness (QED) is 0.486. The van der Waals surface area contributed by atoms with Crippen molar-refractivity contribution in [3.63, 3.8) is 0 Å². The molecular weight excluding hydrogens is 384 g/mol. The molecule has 5 nitrogen and oxygen atoms in total. The van der Waals surface area contributed by atoms with Gasteiger partial charge in [-0.25, -0.2) is 8.42 Å². The Labute approximate surface area is 168 Å². The largest absolute Gasteiger partial charge is 0.748 e. The zero-order valence-electron chi connectivity index (χ0n) is 17.9. The van der Waals surface area contributed by atoms with Crippen LogP contribution in [0.3, 0.4) is 0 Å². The first kappa shape index (κ1) is 24.6. The lowest BCUT2D eigenvalue weighted by Crippen LogP contribution is -2.42. The lowest BCUT2D eigenvalue weighted by molar-refractivity contribution is -0.128. The third-order valence-electron chi connectivity index (χ3n) is 6.55. The highest BCUT2D eigenvalue weighted by atomic mass is 32.2. The Morgan fingerprint density at radius 2 is 1.74 bits per heavy atom. The van der Waals surface area contributed by atoms with E-state index in [-0.39, 0.29) is 22.5 Å². The standard InChI is InChI=1S/C10H16O4S.C10H21OS/c1-9(2)7-3-4-10(9,8(11)5-7)6-15(12,13)14;1-6-12(7-2)8-9(11)10(3,4)5/h7H,3-6H2,1-2H3,(H,12,13,14);6-8H2,1-5H3/q;+1/p-1. The van der Waals surface area contributed by atoms with Gasteiger partial charge in [0.15, 0.2) is 11.5 Å². The van der Waals surface area contributed by atoms with Gasteiger partial charge < -0.3 is 4.55 Å². The van der Waals surface area contributed by atoms with E-state index in [2.05, 4.69) is 13.8 Å². The molecule has 2 unspecified atom stereocenters. The molecule has 0 radical (unpaired) electrons. The van der Waals surface area contributed by atoms with E-state index in [4.69, 9.17) is 0 Å². The second-order valence-corrected chi connectivity index (χ2v) is 13.4. The smallest absolute Gasteiger partial charge is 0.187 e. The molecule has 7 heteroatoms. The third-order valence-corrected chi connectivity index (χ3v) is 9.70. The van der Waals surface area contributed by atoms with Crippen molar-refractivity contribution in [3.8, 4) is 0 Å². The molecule has 0 aromatic heterocycles. The fourth-order valence-corrected chi connectivity index (χ4v) is 7.12.